The van der Waals surface area contributed by atoms with Gasteiger partial charge in [0.2, 0.25) is 0 Å². The highest BCUT2D eigenvalue weighted by Gasteiger charge is 2.50. The Kier molecular flexibility index (Phi) is 6.08. The van der Waals surface area contributed by atoms with Gasteiger partial charge in [0.25, 0.3) is 0 Å². The lowest BCUT2D eigenvalue weighted by Gasteiger charge is -2.41. The number of hydrogen-bond donors (Lipinski definition) is 3. The minimum Gasteiger partial charge on any atom is -0.479 e. The minimum absolute atomic E-state index is 0.181. The summed E-state index contributed by atoms with van der Waals surface area (Å²) in [6.07, 6.45) is 0.181. The van der Waals surface area contributed by atoms with Gasteiger partial charge >= 0.3 is 12.0 Å². The number of hydrogen-bond acceptors (Lipinski definition) is 2. The van der Waals surface area contributed by atoms with E-state index in [1.165, 1.54) is 0 Å². The number of carboxylic acid groups (broad SMARTS) is 1. The van der Waals surface area contributed by atoms with Crippen molar-refractivity contribution >= 4 is 33.6 Å². The molecule has 0 aromatic heterocycles. The van der Waals surface area contributed by atoms with E-state index >= 15 is 0 Å². The number of benzene rings is 2. The molecule has 2 aromatic rings. The van der Waals surface area contributed by atoms with Crippen molar-refractivity contribution in [2.45, 2.75) is 32.7 Å². The Hall–Kier alpha value is -2.34. The highest BCUT2D eigenvalue weighted by molar-refractivity contribution is 9.10. The van der Waals surface area contributed by atoms with E-state index in [1.807, 2.05) is 51.1 Å². The number of rotatable bonds is 5. The lowest BCUT2D eigenvalue weighted by Crippen LogP contribution is -2.64. The number of amides is 2. The molecular weight excluding hydrogens is 396 g/mol. The summed E-state index contributed by atoms with van der Waals surface area (Å²) in [7, 11) is 0. The fraction of sp³-hybridized carbons (Fsp3) is 0.300. The van der Waals surface area contributed by atoms with Gasteiger partial charge in [0.05, 0.1) is 0 Å². The average molecular weight is 419 g/mol. The van der Waals surface area contributed by atoms with Crippen molar-refractivity contribution in [2.75, 3.05) is 5.32 Å². The molecule has 2 rings (SSSR count). The van der Waals surface area contributed by atoms with Gasteiger partial charge < -0.3 is 15.7 Å². The highest BCUT2D eigenvalue weighted by Crippen LogP contribution is 2.34. The van der Waals surface area contributed by atoms with Crippen molar-refractivity contribution in [3.63, 3.8) is 0 Å². The number of halogens is 1. The Morgan fingerprint density at radius 3 is 2.08 bits per heavy atom. The number of anilines is 1. The van der Waals surface area contributed by atoms with Crippen LogP contribution >= 0.6 is 15.9 Å². The van der Waals surface area contributed by atoms with Gasteiger partial charge in [-0.05, 0) is 35.2 Å². The molecule has 138 valence electrons. The Morgan fingerprint density at radius 2 is 1.58 bits per heavy atom. The monoisotopic (exact) mass is 418 g/mol. The Bertz CT molecular complexity index is 770. The SMILES string of the molecule is CC(C)(C)[C@](Cc1ccccc1)(NC(=O)Nc1ccc(Br)cc1)C(=O)O. The topological polar surface area (TPSA) is 78.4 Å². The summed E-state index contributed by atoms with van der Waals surface area (Å²) in [4.78, 5) is 24.8. The summed E-state index contributed by atoms with van der Waals surface area (Å²) >= 11 is 3.34. The van der Waals surface area contributed by atoms with Gasteiger partial charge in [0.15, 0.2) is 0 Å². The summed E-state index contributed by atoms with van der Waals surface area (Å²) < 4.78 is 0.891. The fourth-order valence-corrected chi connectivity index (χ4v) is 3.00. The van der Waals surface area contributed by atoms with Crippen LogP contribution in [0.3, 0.4) is 0 Å². The van der Waals surface area contributed by atoms with E-state index in [-0.39, 0.29) is 6.42 Å². The second-order valence-electron chi connectivity index (χ2n) is 7.21. The van der Waals surface area contributed by atoms with Crippen LogP contribution in [-0.4, -0.2) is 22.6 Å². The molecule has 0 saturated heterocycles. The summed E-state index contributed by atoms with van der Waals surface area (Å²) in [5, 5.41) is 15.4. The molecule has 0 aliphatic heterocycles. The predicted molar refractivity (Wildman–Crippen MR) is 106 cm³/mol. The van der Waals surface area contributed by atoms with Crippen LogP contribution in [0.2, 0.25) is 0 Å². The zero-order valence-electron chi connectivity index (χ0n) is 15.0. The van der Waals surface area contributed by atoms with E-state index in [0.29, 0.717) is 5.69 Å². The van der Waals surface area contributed by atoms with Gasteiger partial charge in [-0.2, -0.15) is 0 Å². The molecule has 0 fully saturated rings. The van der Waals surface area contributed by atoms with Gasteiger partial charge in [-0.1, -0.05) is 67.0 Å². The second kappa shape index (κ2) is 7.91. The normalized spacial score (nSPS) is 13.5. The summed E-state index contributed by atoms with van der Waals surface area (Å²) in [6, 6.07) is 15.8. The maximum Gasteiger partial charge on any atom is 0.330 e. The van der Waals surface area contributed by atoms with Crippen LogP contribution in [-0.2, 0) is 11.2 Å². The van der Waals surface area contributed by atoms with Crippen LogP contribution in [0.5, 0.6) is 0 Å². The van der Waals surface area contributed by atoms with Crippen LogP contribution < -0.4 is 10.6 Å². The molecule has 26 heavy (non-hydrogen) atoms. The van der Waals surface area contributed by atoms with E-state index in [2.05, 4.69) is 26.6 Å². The van der Waals surface area contributed by atoms with Crippen LogP contribution in [0.1, 0.15) is 26.3 Å². The van der Waals surface area contributed by atoms with E-state index in [4.69, 9.17) is 0 Å². The van der Waals surface area contributed by atoms with Crippen molar-refractivity contribution in [1.29, 1.82) is 0 Å². The lowest BCUT2D eigenvalue weighted by atomic mass is 9.70. The molecule has 0 radical (unpaired) electrons. The Labute approximate surface area is 161 Å². The number of carbonyl (C=O) groups excluding carboxylic acids is 1. The third kappa shape index (κ3) is 4.64. The number of urea groups is 1. The number of nitrogens with one attached hydrogen (secondary N) is 2. The average Bonchev–Trinajstić information content (AvgIpc) is 2.56. The van der Waals surface area contributed by atoms with Crippen LogP contribution in [0.25, 0.3) is 0 Å². The van der Waals surface area contributed by atoms with Gasteiger partial charge in [0.1, 0.15) is 5.54 Å². The van der Waals surface area contributed by atoms with Crippen LogP contribution in [0.15, 0.2) is 59.1 Å². The first-order chi connectivity index (χ1) is 12.1. The first kappa shape index (κ1) is 20.0. The predicted octanol–water partition coefficient (Wildman–Crippen LogP) is 4.68. The smallest absolute Gasteiger partial charge is 0.330 e. The molecular formula is C20H23BrN2O3. The maximum atomic E-state index is 12.6. The summed E-state index contributed by atoms with van der Waals surface area (Å²) in [6.45, 7) is 5.43. The zero-order valence-corrected chi connectivity index (χ0v) is 16.6. The number of carboxylic acids is 1. The molecule has 5 nitrogen and oxygen atoms in total. The Balaban J connectivity index is 2.29. The molecule has 2 aromatic carbocycles. The van der Waals surface area contributed by atoms with Crippen molar-refractivity contribution in [1.82, 2.24) is 5.32 Å². The van der Waals surface area contributed by atoms with Gasteiger partial charge in [-0.25, -0.2) is 9.59 Å². The standard InChI is InChI=1S/C20H23BrN2O3/c1-19(2,3)20(17(24)25,13-14-7-5-4-6-8-14)23-18(26)22-16-11-9-15(21)10-12-16/h4-12H,13H2,1-3H3,(H,24,25)(H2,22,23,26)/t20-/m1/s1. The van der Waals surface area contributed by atoms with Gasteiger partial charge in [-0.15, -0.1) is 0 Å². The van der Waals surface area contributed by atoms with Crippen molar-refractivity contribution in [3.05, 3.63) is 64.6 Å². The number of aliphatic carboxylic acids is 1. The van der Waals surface area contributed by atoms with E-state index < -0.39 is 23.0 Å². The van der Waals surface area contributed by atoms with Gasteiger partial charge in [-0.3, -0.25) is 0 Å². The molecule has 3 N–H and O–H groups in total. The van der Waals surface area contributed by atoms with E-state index in [9.17, 15) is 14.7 Å². The van der Waals surface area contributed by atoms with Crippen LogP contribution in [0, 0.1) is 5.41 Å². The molecule has 0 aliphatic rings. The quantitative estimate of drug-likeness (QED) is 0.659. The summed E-state index contributed by atoms with van der Waals surface area (Å²) in [5.41, 5.74) is -0.758. The molecule has 0 aliphatic carbocycles. The molecule has 6 heteroatoms. The molecule has 1 atom stereocenters. The van der Waals surface area contributed by atoms with Crippen molar-refractivity contribution in [2.24, 2.45) is 5.41 Å². The minimum atomic E-state index is -1.46. The zero-order chi connectivity index (χ0) is 19.4. The van der Waals surface area contributed by atoms with Crippen molar-refractivity contribution < 1.29 is 14.7 Å². The van der Waals surface area contributed by atoms with E-state index in [0.717, 1.165) is 10.0 Å². The lowest BCUT2D eigenvalue weighted by molar-refractivity contribution is -0.149. The first-order valence-corrected chi connectivity index (χ1v) is 9.05. The summed E-state index contributed by atoms with van der Waals surface area (Å²) in [5.74, 6) is -1.07. The van der Waals surface area contributed by atoms with E-state index in [1.54, 1.807) is 24.3 Å². The largest absolute Gasteiger partial charge is 0.479 e. The third-order valence-electron chi connectivity index (χ3n) is 4.39. The molecule has 0 unspecified atom stereocenters. The maximum absolute atomic E-state index is 12.6. The second-order valence-corrected chi connectivity index (χ2v) is 8.12. The van der Waals surface area contributed by atoms with Gasteiger partial charge in [0, 0.05) is 16.6 Å². The molecule has 0 saturated carbocycles. The molecule has 2 amide bonds. The Morgan fingerprint density at radius 1 is 1.00 bits per heavy atom. The third-order valence-corrected chi connectivity index (χ3v) is 4.92. The van der Waals surface area contributed by atoms with Crippen molar-refractivity contribution in [3.8, 4) is 0 Å². The number of carbonyl (C=O) groups is 2. The first-order valence-electron chi connectivity index (χ1n) is 8.26. The van der Waals surface area contributed by atoms with Crippen LogP contribution in [0.4, 0.5) is 10.5 Å². The molecule has 0 heterocycles. The molecule has 0 spiro atoms. The highest BCUT2D eigenvalue weighted by atomic mass is 79.9. The fourth-order valence-electron chi connectivity index (χ4n) is 2.74. The molecule has 0 bridgehead atoms.